The molecule has 0 aliphatic rings. The van der Waals surface area contributed by atoms with E-state index < -0.39 is 4.87 Å². The Morgan fingerprint density at radius 3 is 1.61 bits per heavy atom. The molecular weight excluding hydrogens is 383 g/mol. The summed E-state index contributed by atoms with van der Waals surface area (Å²) in [6.07, 6.45) is 0. The minimum Gasteiger partial charge on any atom is -0.103 e. The van der Waals surface area contributed by atoms with E-state index in [0.717, 1.165) is 22.6 Å². The SMILES string of the molecule is CC.CC(C)C.Cc1ccc(C(Cl)(c2ccccc2)c2ccccc2Cl)cc1. The van der Waals surface area contributed by atoms with Crippen LogP contribution in [0.3, 0.4) is 0 Å². The van der Waals surface area contributed by atoms with Crippen LogP contribution >= 0.6 is 23.2 Å². The Labute approximate surface area is 181 Å². The highest BCUT2D eigenvalue weighted by Crippen LogP contribution is 2.45. The van der Waals surface area contributed by atoms with E-state index in [1.54, 1.807) is 0 Å². The molecule has 3 rings (SSSR count). The zero-order valence-corrected chi connectivity index (χ0v) is 19.4. The predicted molar refractivity (Wildman–Crippen MR) is 127 cm³/mol. The summed E-state index contributed by atoms with van der Waals surface area (Å²) in [6.45, 7) is 12.6. The topological polar surface area (TPSA) is 0 Å². The van der Waals surface area contributed by atoms with Crippen molar-refractivity contribution in [2.45, 2.75) is 46.4 Å². The Hall–Kier alpha value is -1.76. The van der Waals surface area contributed by atoms with Crippen molar-refractivity contribution in [3.63, 3.8) is 0 Å². The molecule has 0 amide bonds. The quantitative estimate of drug-likeness (QED) is 0.296. The molecule has 3 aromatic carbocycles. The van der Waals surface area contributed by atoms with Gasteiger partial charge < -0.3 is 0 Å². The number of aryl methyl sites for hydroxylation is 1. The molecule has 0 nitrogen and oxygen atoms in total. The normalized spacial score (nSPS) is 12.2. The molecule has 2 heteroatoms. The van der Waals surface area contributed by atoms with E-state index in [9.17, 15) is 0 Å². The molecule has 0 saturated carbocycles. The van der Waals surface area contributed by atoms with Gasteiger partial charge in [0.15, 0.2) is 0 Å². The standard InChI is InChI=1S/C20H16Cl2.C4H10.C2H6/c1-15-11-13-17(14-12-15)20(22,16-7-3-2-4-8-16)18-9-5-6-10-19(18)21;1-4(2)3;1-2/h2-14H,1H3;4H,1-3H3;1-2H3. The van der Waals surface area contributed by atoms with Crippen molar-refractivity contribution in [1.29, 1.82) is 0 Å². The van der Waals surface area contributed by atoms with Crippen LogP contribution in [0.5, 0.6) is 0 Å². The Morgan fingerprint density at radius 1 is 0.679 bits per heavy atom. The average Bonchev–Trinajstić information content (AvgIpc) is 2.70. The molecule has 0 aromatic heterocycles. The molecule has 0 aliphatic carbocycles. The number of hydrogen-bond donors (Lipinski definition) is 0. The lowest BCUT2D eigenvalue weighted by Gasteiger charge is -2.30. The van der Waals surface area contributed by atoms with Crippen LogP contribution < -0.4 is 0 Å². The molecule has 0 bridgehead atoms. The molecule has 0 spiro atoms. The van der Waals surface area contributed by atoms with Crippen LogP contribution in [0.25, 0.3) is 0 Å². The second-order valence-corrected chi connectivity index (χ2v) is 8.08. The zero-order chi connectivity index (χ0) is 21.2. The summed E-state index contributed by atoms with van der Waals surface area (Å²) in [4.78, 5) is -0.798. The average molecular weight is 415 g/mol. The van der Waals surface area contributed by atoms with Crippen LogP contribution in [0.15, 0.2) is 78.9 Å². The maximum atomic E-state index is 7.19. The molecule has 0 radical (unpaired) electrons. The van der Waals surface area contributed by atoms with E-state index in [0.29, 0.717) is 5.02 Å². The monoisotopic (exact) mass is 414 g/mol. The van der Waals surface area contributed by atoms with E-state index in [1.165, 1.54) is 5.56 Å². The van der Waals surface area contributed by atoms with Crippen molar-refractivity contribution in [3.8, 4) is 0 Å². The Bertz CT molecular complexity index is 805. The van der Waals surface area contributed by atoms with E-state index in [2.05, 4.69) is 52.0 Å². The fourth-order valence-electron chi connectivity index (χ4n) is 2.67. The molecule has 150 valence electrons. The van der Waals surface area contributed by atoms with Crippen molar-refractivity contribution in [1.82, 2.24) is 0 Å². The van der Waals surface area contributed by atoms with Crippen LogP contribution in [-0.4, -0.2) is 0 Å². The Balaban J connectivity index is 0.000000583. The smallest absolute Gasteiger partial charge is 0.103 e. The minimum absolute atomic E-state index is 0.668. The molecule has 28 heavy (non-hydrogen) atoms. The maximum absolute atomic E-state index is 7.19. The van der Waals surface area contributed by atoms with Gasteiger partial charge in [-0.25, -0.2) is 0 Å². The van der Waals surface area contributed by atoms with Gasteiger partial charge in [0, 0.05) is 10.6 Å². The minimum atomic E-state index is -0.798. The fourth-order valence-corrected chi connectivity index (χ4v) is 3.41. The lowest BCUT2D eigenvalue weighted by atomic mass is 9.84. The van der Waals surface area contributed by atoms with E-state index in [4.69, 9.17) is 23.2 Å². The number of benzene rings is 3. The van der Waals surface area contributed by atoms with E-state index in [-0.39, 0.29) is 0 Å². The summed E-state index contributed by atoms with van der Waals surface area (Å²) in [5.41, 5.74) is 4.12. The van der Waals surface area contributed by atoms with Crippen molar-refractivity contribution in [2.75, 3.05) is 0 Å². The molecule has 1 unspecified atom stereocenters. The first-order chi connectivity index (χ1) is 13.4. The lowest BCUT2D eigenvalue weighted by Crippen LogP contribution is -2.22. The highest BCUT2D eigenvalue weighted by molar-refractivity contribution is 6.34. The Morgan fingerprint density at radius 2 is 1.11 bits per heavy atom. The van der Waals surface area contributed by atoms with E-state index >= 15 is 0 Å². The van der Waals surface area contributed by atoms with Crippen LogP contribution in [0.4, 0.5) is 0 Å². The highest BCUT2D eigenvalue weighted by Gasteiger charge is 2.35. The van der Waals surface area contributed by atoms with Crippen molar-refractivity contribution < 1.29 is 0 Å². The summed E-state index contributed by atoms with van der Waals surface area (Å²) < 4.78 is 0. The van der Waals surface area contributed by atoms with Gasteiger partial charge in [-0.2, -0.15) is 0 Å². The molecule has 3 aromatic rings. The largest absolute Gasteiger partial charge is 0.121 e. The summed E-state index contributed by atoms with van der Waals surface area (Å²) >= 11 is 13.6. The summed E-state index contributed by atoms with van der Waals surface area (Å²) in [5, 5.41) is 0.668. The molecule has 0 fully saturated rings. The molecule has 0 N–H and O–H groups in total. The summed E-state index contributed by atoms with van der Waals surface area (Å²) in [7, 11) is 0. The molecule has 0 aliphatic heterocycles. The third-order valence-corrected chi connectivity index (χ3v) is 4.84. The highest BCUT2D eigenvalue weighted by atomic mass is 35.5. The lowest BCUT2D eigenvalue weighted by molar-refractivity contribution is 0.737. The zero-order valence-electron chi connectivity index (χ0n) is 17.8. The third-order valence-electron chi connectivity index (χ3n) is 3.87. The van der Waals surface area contributed by atoms with Crippen LogP contribution in [-0.2, 0) is 4.87 Å². The predicted octanol–water partition coefficient (Wildman–Crippen LogP) is 8.87. The van der Waals surface area contributed by atoms with Gasteiger partial charge in [-0.1, -0.05) is 125 Å². The van der Waals surface area contributed by atoms with Crippen molar-refractivity contribution >= 4 is 23.2 Å². The molecule has 1 atom stereocenters. The summed E-state index contributed by atoms with van der Waals surface area (Å²) in [6, 6.07) is 26.1. The van der Waals surface area contributed by atoms with Crippen LogP contribution in [0, 0.1) is 12.8 Å². The van der Waals surface area contributed by atoms with Crippen molar-refractivity contribution in [3.05, 3.63) is 106 Å². The maximum Gasteiger partial charge on any atom is 0.121 e. The van der Waals surface area contributed by atoms with E-state index in [1.807, 2.05) is 68.4 Å². The summed E-state index contributed by atoms with van der Waals surface area (Å²) in [5.74, 6) is 0.833. The van der Waals surface area contributed by atoms with Gasteiger partial charge in [-0.15, -0.1) is 11.6 Å². The first-order valence-electron chi connectivity index (χ1n) is 9.92. The van der Waals surface area contributed by atoms with Gasteiger partial charge in [0.1, 0.15) is 4.87 Å². The molecular formula is C26H32Cl2. The van der Waals surface area contributed by atoms with Gasteiger partial charge in [-0.05, 0) is 30.0 Å². The first-order valence-corrected chi connectivity index (χ1v) is 10.7. The van der Waals surface area contributed by atoms with Crippen LogP contribution in [0.2, 0.25) is 5.02 Å². The van der Waals surface area contributed by atoms with Crippen molar-refractivity contribution in [2.24, 2.45) is 5.92 Å². The number of alkyl halides is 1. The first kappa shape index (κ1) is 24.3. The number of rotatable bonds is 3. The van der Waals surface area contributed by atoms with Gasteiger partial charge in [0.2, 0.25) is 0 Å². The van der Waals surface area contributed by atoms with Gasteiger partial charge in [0.25, 0.3) is 0 Å². The number of halogens is 2. The second-order valence-electron chi connectivity index (χ2n) is 7.10. The number of hydrogen-bond acceptors (Lipinski definition) is 0. The second kappa shape index (κ2) is 11.9. The van der Waals surface area contributed by atoms with Gasteiger partial charge in [0.05, 0.1) is 0 Å². The Kier molecular flexibility index (Phi) is 10.4. The third kappa shape index (κ3) is 6.40. The molecule has 0 saturated heterocycles. The fraction of sp³-hybridized carbons (Fsp3) is 0.308. The van der Waals surface area contributed by atoms with Gasteiger partial charge >= 0.3 is 0 Å². The van der Waals surface area contributed by atoms with Gasteiger partial charge in [-0.3, -0.25) is 0 Å². The molecule has 0 heterocycles. The van der Waals surface area contributed by atoms with Crippen LogP contribution in [0.1, 0.15) is 56.9 Å².